The monoisotopic (exact) mass is 210 g/mol. The lowest BCUT2D eigenvalue weighted by Crippen LogP contribution is -2.49. The Morgan fingerprint density at radius 2 is 2.07 bits per heavy atom. The standard InChI is InChI=1S/C11H18N2O2/c1-9(15)13-6-11(7-13)4-10-2-3-12(5-10)8-14/h8,10-11H,2-7H2,1H3. The Bertz CT molecular complexity index is 261. The Hall–Kier alpha value is -1.06. The SMILES string of the molecule is CC(=O)N1CC(CC2CCN(C=O)C2)C1. The fourth-order valence-corrected chi connectivity index (χ4v) is 2.60. The van der Waals surface area contributed by atoms with Crippen LogP contribution in [0.15, 0.2) is 0 Å². The first-order chi connectivity index (χ1) is 7.19. The van der Waals surface area contributed by atoms with Crippen LogP contribution in [0.5, 0.6) is 0 Å². The zero-order valence-electron chi connectivity index (χ0n) is 9.19. The molecule has 0 aliphatic carbocycles. The van der Waals surface area contributed by atoms with E-state index in [0.29, 0.717) is 11.8 Å². The van der Waals surface area contributed by atoms with E-state index in [-0.39, 0.29) is 5.91 Å². The zero-order valence-corrected chi connectivity index (χ0v) is 9.19. The van der Waals surface area contributed by atoms with Crippen LogP contribution in [0.25, 0.3) is 0 Å². The highest BCUT2D eigenvalue weighted by atomic mass is 16.2. The highest BCUT2D eigenvalue weighted by Gasteiger charge is 2.32. The molecule has 2 fully saturated rings. The molecule has 0 N–H and O–H groups in total. The Kier molecular flexibility index (Phi) is 2.93. The number of rotatable bonds is 3. The summed E-state index contributed by atoms with van der Waals surface area (Å²) in [4.78, 5) is 25.3. The van der Waals surface area contributed by atoms with Gasteiger partial charge in [-0.25, -0.2) is 0 Å². The normalized spacial score (nSPS) is 26.6. The predicted octanol–water partition coefficient (Wildman–Crippen LogP) is 0.333. The van der Waals surface area contributed by atoms with Gasteiger partial charge in [0.05, 0.1) is 0 Å². The minimum atomic E-state index is 0.187. The maximum absolute atomic E-state index is 11.0. The second kappa shape index (κ2) is 4.21. The van der Waals surface area contributed by atoms with Crippen molar-refractivity contribution in [3.8, 4) is 0 Å². The zero-order chi connectivity index (χ0) is 10.8. The fourth-order valence-electron chi connectivity index (χ4n) is 2.60. The van der Waals surface area contributed by atoms with E-state index in [1.807, 2.05) is 9.80 Å². The van der Waals surface area contributed by atoms with Crippen LogP contribution in [-0.2, 0) is 9.59 Å². The van der Waals surface area contributed by atoms with Crippen LogP contribution in [-0.4, -0.2) is 48.3 Å². The van der Waals surface area contributed by atoms with E-state index in [1.165, 1.54) is 6.42 Å². The van der Waals surface area contributed by atoms with Crippen molar-refractivity contribution in [1.29, 1.82) is 0 Å². The molecule has 0 aromatic rings. The summed E-state index contributed by atoms with van der Waals surface area (Å²) in [6, 6.07) is 0. The van der Waals surface area contributed by atoms with Gasteiger partial charge >= 0.3 is 0 Å². The van der Waals surface area contributed by atoms with Crippen molar-refractivity contribution < 1.29 is 9.59 Å². The molecule has 2 heterocycles. The molecular weight excluding hydrogens is 192 g/mol. The van der Waals surface area contributed by atoms with Gasteiger partial charge < -0.3 is 9.80 Å². The lowest BCUT2D eigenvalue weighted by molar-refractivity contribution is -0.135. The first-order valence-electron chi connectivity index (χ1n) is 5.64. The molecular formula is C11H18N2O2. The summed E-state index contributed by atoms with van der Waals surface area (Å²) in [5.41, 5.74) is 0. The largest absolute Gasteiger partial charge is 0.345 e. The second-order valence-electron chi connectivity index (χ2n) is 4.78. The minimum Gasteiger partial charge on any atom is -0.345 e. The number of carbonyl (C=O) groups excluding carboxylic acids is 2. The number of likely N-dealkylation sites (tertiary alicyclic amines) is 2. The van der Waals surface area contributed by atoms with Crippen LogP contribution in [0.1, 0.15) is 19.8 Å². The van der Waals surface area contributed by atoms with Crippen LogP contribution in [0.2, 0.25) is 0 Å². The molecule has 2 saturated heterocycles. The van der Waals surface area contributed by atoms with Crippen molar-refractivity contribution >= 4 is 12.3 Å². The summed E-state index contributed by atoms with van der Waals surface area (Å²) in [5, 5.41) is 0. The third kappa shape index (κ3) is 2.30. The van der Waals surface area contributed by atoms with Gasteiger partial charge in [0.15, 0.2) is 0 Å². The van der Waals surface area contributed by atoms with Gasteiger partial charge in [0, 0.05) is 33.1 Å². The van der Waals surface area contributed by atoms with Crippen molar-refractivity contribution in [1.82, 2.24) is 9.80 Å². The van der Waals surface area contributed by atoms with Crippen LogP contribution >= 0.6 is 0 Å². The summed E-state index contributed by atoms with van der Waals surface area (Å²) in [6.07, 6.45) is 3.26. The van der Waals surface area contributed by atoms with E-state index in [1.54, 1.807) is 6.92 Å². The highest BCUT2D eigenvalue weighted by Crippen LogP contribution is 2.28. The summed E-state index contributed by atoms with van der Waals surface area (Å²) < 4.78 is 0. The Labute approximate surface area is 90.2 Å². The molecule has 2 amide bonds. The molecule has 4 heteroatoms. The summed E-state index contributed by atoms with van der Waals surface area (Å²) in [5.74, 6) is 1.52. The molecule has 1 unspecified atom stereocenters. The maximum Gasteiger partial charge on any atom is 0.219 e. The average Bonchev–Trinajstić information content (AvgIpc) is 2.57. The Morgan fingerprint density at radius 3 is 2.60 bits per heavy atom. The first kappa shape index (κ1) is 10.5. The van der Waals surface area contributed by atoms with Crippen LogP contribution in [0.3, 0.4) is 0 Å². The molecule has 84 valence electrons. The van der Waals surface area contributed by atoms with Crippen LogP contribution < -0.4 is 0 Å². The van der Waals surface area contributed by atoms with Gasteiger partial charge in [-0.1, -0.05) is 0 Å². The Balaban J connectivity index is 1.68. The first-order valence-corrected chi connectivity index (χ1v) is 5.64. The smallest absolute Gasteiger partial charge is 0.219 e. The number of nitrogens with zero attached hydrogens (tertiary/aromatic N) is 2. The Morgan fingerprint density at radius 1 is 1.33 bits per heavy atom. The quantitative estimate of drug-likeness (QED) is 0.630. The number of amides is 2. The number of hydrogen-bond acceptors (Lipinski definition) is 2. The third-order valence-electron chi connectivity index (χ3n) is 3.54. The third-order valence-corrected chi connectivity index (χ3v) is 3.54. The molecule has 0 bridgehead atoms. The average molecular weight is 210 g/mol. The lowest BCUT2D eigenvalue weighted by Gasteiger charge is -2.39. The molecule has 0 saturated carbocycles. The second-order valence-corrected chi connectivity index (χ2v) is 4.78. The summed E-state index contributed by atoms with van der Waals surface area (Å²) in [7, 11) is 0. The molecule has 0 aromatic carbocycles. The van der Waals surface area contributed by atoms with E-state index >= 15 is 0 Å². The lowest BCUT2D eigenvalue weighted by atomic mass is 9.88. The summed E-state index contributed by atoms with van der Waals surface area (Å²) >= 11 is 0. The molecule has 4 nitrogen and oxygen atoms in total. The van der Waals surface area contributed by atoms with Gasteiger partial charge in [0.2, 0.25) is 12.3 Å². The number of hydrogen-bond donors (Lipinski definition) is 0. The molecule has 2 aliphatic rings. The van der Waals surface area contributed by atoms with Crippen LogP contribution in [0.4, 0.5) is 0 Å². The molecule has 0 radical (unpaired) electrons. The van der Waals surface area contributed by atoms with Gasteiger partial charge in [0.1, 0.15) is 0 Å². The predicted molar refractivity (Wildman–Crippen MR) is 56.1 cm³/mol. The minimum absolute atomic E-state index is 0.187. The van der Waals surface area contributed by atoms with E-state index < -0.39 is 0 Å². The van der Waals surface area contributed by atoms with Gasteiger partial charge in [0.25, 0.3) is 0 Å². The van der Waals surface area contributed by atoms with E-state index in [4.69, 9.17) is 0 Å². The van der Waals surface area contributed by atoms with Gasteiger partial charge in [-0.2, -0.15) is 0 Å². The van der Waals surface area contributed by atoms with Crippen molar-refractivity contribution in [3.63, 3.8) is 0 Å². The van der Waals surface area contributed by atoms with Crippen LogP contribution in [0, 0.1) is 11.8 Å². The molecule has 2 aliphatic heterocycles. The van der Waals surface area contributed by atoms with E-state index in [9.17, 15) is 9.59 Å². The van der Waals surface area contributed by atoms with E-state index in [2.05, 4.69) is 0 Å². The van der Waals surface area contributed by atoms with Crippen molar-refractivity contribution in [3.05, 3.63) is 0 Å². The molecule has 0 spiro atoms. The number of carbonyl (C=O) groups is 2. The topological polar surface area (TPSA) is 40.6 Å². The van der Waals surface area contributed by atoms with Crippen molar-refractivity contribution in [2.24, 2.45) is 11.8 Å². The molecule has 1 atom stereocenters. The molecule has 15 heavy (non-hydrogen) atoms. The van der Waals surface area contributed by atoms with Gasteiger partial charge in [-0.15, -0.1) is 0 Å². The fraction of sp³-hybridized carbons (Fsp3) is 0.818. The molecule has 0 aromatic heterocycles. The van der Waals surface area contributed by atoms with Gasteiger partial charge in [-0.3, -0.25) is 9.59 Å². The van der Waals surface area contributed by atoms with E-state index in [0.717, 1.165) is 39.0 Å². The van der Waals surface area contributed by atoms with Crippen molar-refractivity contribution in [2.45, 2.75) is 19.8 Å². The maximum atomic E-state index is 11.0. The van der Waals surface area contributed by atoms with Gasteiger partial charge in [-0.05, 0) is 24.7 Å². The highest BCUT2D eigenvalue weighted by molar-refractivity contribution is 5.74. The molecule has 2 rings (SSSR count). The summed E-state index contributed by atoms with van der Waals surface area (Å²) in [6.45, 7) is 5.30. The van der Waals surface area contributed by atoms with Crippen molar-refractivity contribution in [2.75, 3.05) is 26.2 Å².